The standard InChI is InChI=1S/C24H25N7O3/c32-14-19-15-33-10-8-31(19)18-3-1-17(2-4-18)28-22-23-26-5-7-30(23)13-21(29-22)16-11-20-24(27-12-16)34-9-6-25-20/h1-5,7,11-13,19,25,32H,6,8-10,14-15H2,(H,28,29). The molecule has 0 bridgehead atoms. The molecule has 5 heterocycles. The summed E-state index contributed by atoms with van der Waals surface area (Å²) in [5.41, 5.74) is 5.19. The highest BCUT2D eigenvalue weighted by molar-refractivity contribution is 5.75. The maximum atomic E-state index is 9.67. The fourth-order valence-electron chi connectivity index (χ4n) is 4.34. The van der Waals surface area contributed by atoms with Crippen molar-refractivity contribution in [3.8, 4) is 17.1 Å². The minimum atomic E-state index is -0.0273. The number of ether oxygens (including phenoxy) is 2. The van der Waals surface area contributed by atoms with E-state index in [0.717, 1.165) is 47.1 Å². The Labute approximate surface area is 196 Å². The summed E-state index contributed by atoms with van der Waals surface area (Å²) in [6, 6.07) is 10.1. The van der Waals surface area contributed by atoms with E-state index in [1.54, 1.807) is 12.4 Å². The molecule has 6 rings (SSSR count). The summed E-state index contributed by atoms with van der Waals surface area (Å²) >= 11 is 0. The number of pyridine rings is 1. The van der Waals surface area contributed by atoms with Gasteiger partial charge in [-0.25, -0.2) is 15.0 Å². The largest absolute Gasteiger partial charge is 0.474 e. The normalized spacial score (nSPS) is 17.7. The Morgan fingerprint density at radius 1 is 1.18 bits per heavy atom. The van der Waals surface area contributed by atoms with Crippen molar-refractivity contribution in [2.24, 2.45) is 0 Å². The van der Waals surface area contributed by atoms with Crippen molar-refractivity contribution in [2.75, 3.05) is 55.1 Å². The predicted octanol–water partition coefficient (Wildman–Crippen LogP) is 2.54. The Morgan fingerprint density at radius 2 is 2.09 bits per heavy atom. The van der Waals surface area contributed by atoms with Crippen molar-refractivity contribution >= 4 is 28.5 Å². The van der Waals surface area contributed by atoms with Crippen LogP contribution in [0.3, 0.4) is 0 Å². The molecule has 34 heavy (non-hydrogen) atoms. The quantitative estimate of drug-likeness (QED) is 0.415. The van der Waals surface area contributed by atoms with Gasteiger partial charge < -0.3 is 34.5 Å². The van der Waals surface area contributed by atoms with E-state index in [-0.39, 0.29) is 12.6 Å². The molecule has 0 amide bonds. The summed E-state index contributed by atoms with van der Waals surface area (Å²) in [4.78, 5) is 16.0. The molecular weight excluding hydrogens is 434 g/mol. The van der Waals surface area contributed by atoms with Crippen molar-refractivity contribution in [2.45, 2.75) is 6.04 Å². The van der Waals surface area contributed by atoms with Crippen molar-refractivity contribution in [3.05, 3.63) is 55.1 Å². The lowest BCUT2D eigenvalue weighted by Crippen LogP contribution is -2.47. The number of morpholine rings is 1. The molecule has 0 saturated carbocycles. The Bertz CT molecular complexity index is 1310. The van der Waals surface area contributed by atoms with Crippen LogP contribution in [0.1, 0.15) is 0 Å². The summed E-state index contributed by atoms with van der Waals surface area (Å²) < 4.78 is 13.0. The predicted molar refractivity (Wildman–Crippen MR) is 129 cm³/mol. The lowest BCUT2D eigenvalue weighted by Gasteiger charge is -2.36. The van der Waals surface area contributed by atoms with Gasteiger partial charge >= 0.3 is 0 Å². The molecule has 0 aliphatic carbocycles. The molecule has 1 saturated heterocycles. The highest BCUT2D eigenvalue weighted by Crippen LogP contribution is 2.31. The number of fused-ring (bicyclic) bond motifs is 2. The lowest BCUT2D eigenvalue weighted by molar-refractivity contribution is 0.0727. The van der Waals surface area contributed by atoms with Crippen LogP contribution >= 0.6 is 0 Å². The number of imidazole rings is 1. The first-order chi connectivity index (χ1) is 16.8. The molecule has 2 aliphatic heterocycles. The molecular formula is C24H25N7O3. The fraction of sp³-hybridized carbons (Fsp3) is 0.292. The van der Waals surface area contributed by atoms with Crippen molar-refractivity contribution < 1.29 is 14.6 Å². The minimum Gasteiger partial charge on any atom is -0.474 e. The van der Waals surface area contributed by atoms with Gasteiger partial charge in [-0.3, -0.25) is 0 Å². The number of rotatable bonds is 5. The number of aromatic nitrogens is 4. The maximum absolute atomic E-state index is 9.67. The molecule has 1 aromatic carbocycles. The van der Waals surface area contributed by atoms with Crippen LogP contribution in [0.15, 0.2) is 55.1 Å². The Hall–Kier alpha value is -3.89. The molecule has 1 fully saturated rings. The molecule has 0 spiro atoms. The summed E-state index contributed by atoms with van der Waals surface area (Å²) in [5, 5.41) is 16.4. The molecule has 4 aromatic rings. The van der Waals surface area contributed by atoms with Crippen LogP contribution in [-0.2, 0) is 4.74 Å². The van der Waals surface area contributed by atoms with Crippen molar-refractivity contribution in [1.82, 2.24) is 19.4 Å². The molecule has 2 aliphatic rings. The van der Waals surface area contributed by atoms with Crippen LogP contribution in [0.2, 0.25) is 0 Å². The van der Waals surface area contributed by atoms with E-state index >= 15 is 0 Å². The Kier molecular flexibility index (Phi) is 5.36. The van der Waals surface area contributed by atoms with E-state index in [1.165, 1.54) is 0 Å². The number of aliphatic hydroxyl groups excluding tert-OH is 1. The number of nitrogens with zero attached hydrogens (tertiary/aromatic N) is 5. The van der Waals surface area contributed by atoms with Gasteiger partial charge in [-0.2, -0.15) is 0 Å². The van der Waals surface area contributed by atoms with Gasteiger partial charge in [-0.15, -0.1) is 0 Å². The minimum absolute atomic E-state index is 0.0273. The van der Waals surface area contributed by atoms with Crippen LogP contribution in [0.4, 0.5) is 22.9 Å². The average Bonchev–Trinajstić information content (AvgIpc) is 3.38. The highest BCUT2D eigenvalue weighted by atomic mass is 16.5. The summed E-state index contributed by atoms with van der Waals surface area (Å²) in [5.74, 6) is 1.26. The number of hydrogen-bond donors (Lipinski definition) is 3. The zero-order valence-corrected chi connectivity index (χ0v) is 18.5. The number of hydrogen-bond acceptors (Lipinski definition) is 9. The van der Waals surface area contributed by atoms with E-state index in [9.17, 15) is 5.11 Å². The van der Waals surface area contributed by atoms with Gasteiger partial charge in [-0.1, -0.05) is 0 Å². The van der Waals surface area contributed by atoms with Crippen molar-refractivity contribution in [3.63, 3.8) is 0 Å². The van der Waals surface area contributed by atoms with Gasteiger partial charge in [0.25, 0.3) is 0 Å². The zero-order chi connectivity index (χ0) is 22.9. The van der Waals surface area contributed by atoms with E-state index < -0.39 is 0 Å². The topological polar surface area (TPSA) is 109 Å². The molecule has 0 radical (unpaired) electrons. The fourth-order valence-corrected chi connectivity index (χ4v) is 4.34. The Balaban J connectivity index is 1.30. The lowest BCUT2D eigenvalue weighted by atomic mass is 10.2. The van der Waals surface area contributed by atoms with Gasteiger partial charge in [0.15, 0.2) is 11.5 Å². The van der Waals surface area contributed by atoms with Gasteiger partial charge in [-0.05, 0) is 30.3 Å². The van der Waals surface area contributed by atoms with Gasteiger partial charge in [0.1, 0.15) is 6.61 Å². The second kappa shape index (κ2) is 8.81. The van der Waals surface area contributed by atoms with Gasteiger partial charge in [0.2, 0.25) is 5.88 Å². The molecule has 10 heteroatoms. The third kappa shape index (κ3) is 3.87. The van der Waals surface area contributed by atoms with Crippen molar-refractivity contribution in [1.29, 1.82) is 0 Å². The molecule has 3 aromatic heterocycles. The molecule has 3 N–H and O–H groups in total. The number of aliphatic hydroxyl groups is 1. The van der Waals surface area contributed by atoms with E-state index in [2.05, 4.69) is 25.5 Å². The van der Waals surface area contributed by atoms with E-state index in [4.69, 9.17) is 14.5 Å². The number of anilines is 4. The zero-order valence-electron chi connectivity index (χ0n) is 18.5. The Morgan fingerprint density at radius 3 is 2.97 bits per heavy atom. The van der Waals surface area contributed by atoms with Crippen LogP contribution in [0.25, 0.3) is 16.9 Å². The summed E-state index contributed by atoms with van der Waals surface area (Å²) in [6.45, 7) is 3.36. The molecule has 10 nitrogen and oxygen atoms in total. The monoisotopic (exact) mass is 459 g/mol. The molecule has 1 atom stereocenters. The van der Waals surface area contributed by atoms with Crippen LogP contribution in [0, 0.1) is 0 Å². The van der Waals surface area contributed by atoms with Gasteiger partial charge in [0.05, 0.1) is 37.2 Å². The SMILES string of the molecule is OCC1COCCN1c1ccc(Nc2nc(-c3cnc4c(c3)NCCO4)cn3ccnc23)cc1. The second-order valence-corrected chi connectivity index (χ2v) is 8.26. The van der Waals surface area contributed by atoms with Crippen LogP contribution in [-0.4, -0.2) is 70.0 Å². The summed E-state index contributed by atoms with van der Waals surface area (Å²) in [7, 11) is 0. The third-order valence-corrected chi connectivity index (χ3v) is 6.08. The maximum Gasteiger partial charge on any atom is 0.237 e. The second-order valence-electron chi connectivity index (χ2n) is 8.26. The third-order valence-electron chi connectivity index (χ3n) is 6.08. The molecule has 174 valence electrons. The number of nitrogens with one attached hydrogen (secondary N) is 2. The average molecular weight is 460 g/mol. The number of benzene rings is 1. The smallest absolute Gasteiger partial charge is 0.237 e. The van der Waals surface area contributed by atoms with E-state index in [1.807, 2.05) is 47.1 Å². The van der Waals surface area contributed by atoms with Crippen LogP contribution < -0.4 is 20.3 Å². The van der Waals surface area contributed by atoms with E-state index in [0.29, 0.717) is 31.5 Å². The first-order valence-corrected chi connectivity index (χ1v) is 11.3. The first-order valence-electron chi connectivity index (χ1n) is 11.3. The first kappa shape index (κ1) is 20.7. The molecule has 1 unspecified atom stereocenters. The van der Waals surface area contributed by atoms with Gasteiger partial charge in [0, 0.05) is 54.8 Å². The highest BCUT2D eigenvalue weighted by Gasteiger charge is 2.22. The van der Waals surface area contributed by atoms with Crippen LogP contribution in [0.5, 0.6) is 5.88 Å². The summed E-state index contributed by atoms with van der Waals surface area (Å²) in [6.07, 6.45) is 7.37.